The van der Waals surface area contributed by atoms with Gasteiger partial charge in [-0.3, -0.25) is 30.3 Å². The maximum absolute atomic E-state index is 13.1. The molecular formula is C36H42FeN8O8. The number of nitrogens with zero attached hydrogens (tertiary/aromatic N) is 8. The molecule has 2 aliphatic heterocycles. The van der Waals surface area contributed by atoms with Crippen molar-refractivity contribution in [1.29, 1.82) is 0 Å². The van der Waals surface area contributed by atoms with Gasteiger partial charge in [-0.2, -0.15) is 0 Å². The van der Waals surface area contributed by atoms with Gasteiger partial charge in [0.15, 0.2) is 5.03 Å². The maximum Gasteiger partial charge on any atom is 0.338 e. The molecule has 8 bridgehead atoms. The predicted octanol–water partition coefficient (Wildman–Crippen LogP) is 8.45. The van der Waals surface area contributed by atoms with E-state index >= 15 is 0 Å². The quantitative estimate of drug-likeness (QED) is 0.0974. The van der Waals surface area contributed by atoms with Crippen LogP contribution in [-0.2, 0) is 55.7 Å². The Hall–Kier alpha value is -5.28. The van der Waals surface area contributed by atoms with Crippen molar-refractivity contribution >= 4 is 56.4 Å². The Bertz CT molecular complexity index is 2320. The van der Waals surface area contributed by atoms with Gasteiger partial charge in [-0.15, -0.1) is 0 Å². The van der Waals surface area contributed by atoms with Crippen LogP contribution in [0.5, 0.6) is 0 Å². The Morgan fingerprint density at radius 2 is 1.08 bits per heavy atom. The largest absolute Gasteiger partial charge is 0.341 e. The minimum Gasteiger partial charge on any atom is -0.341 e. The van der Waals surface area contributed by atoms with Crippen LogP contribution in [0.2, 0.25) is 0 Å². The summed E-state index contributed by atoms with van der Waals surface area (Å²) in [5.74, 6) is 0. The molecule has 0 aliphatic carbocycles. The summed E-state index contributed by atoms with van der Waals surface area (Å²) >= 11 is 0. The van der Waals surface area contributed by atoms with Gasteiger partial charge in [0.1, 0.15) is 5.52 Å². The topological polar surface area (TPSA) is 208 Å². The summed E-state index contributed by atoms with van der Waals surface area (Å²) in [6, 6.07) is 1.63. The van der Waals surface area contributed by atoms with Crippen molar-refractivity contribution in [2.24, 2.45) is 0 Å². The fourth-order valence-electron chi connectivity index (χ4n) is 8.10. The summed E-state index contributed by atoms with van der Waals surface area (Å²) in [4.78, 5) is 58.4. The van der Waals surface area contributed by atoms with E-state index in [9.17, 15) is 40.5 Å². The molecule has 282 valence electrons. The second-order valence-electron chi connectivity index (χ2n) is 12.4. The van der Waals surface area contributed by atoms with Crippen LogP contribution >= 0.6 is 0 Å². The van der Waals surface area contributed by atoms with Crippen molar-refractivity contribution in [2.75, 3.05) is 0 Å². The second kappa shape index (κ2) is 15.8. The molecule has 5 rings (SSSR count). The number of hydrogen-bond donors (Lipinski definition) is 0. The van der Waals surface area contributed by atoms with Crippen LogP contribution in [0, 0.1) is 40.5 Å². The zero-order valence-corrected chi connectivity index (χ0v) is 32.1. The van der Waals surface area contributed by atoms with Crippen LogP contribution in [0.1, 0.15) is 119 Å². The van der Waals surface area contributed by atoms with E-state index in [1.807, 2.05) is 34.6 Å². The van der Waals surface area contributed by atoms with E-state index in [1.165, 1.54) is 0 Å². The first-order valence-electron chi connectivity index (χ1n) is 17.7. The van der Waals surface area contributed by atoms with Crippen molar-refractivity contribution in [2.45, 2.75) is 107 Å². The van der Waals surface area contributed by atoms with Gasteiger partial charge in [0.2, 0.25) is 5.69 Å². The normalized spacial score (nSPS) is 12.5. The molecule has 0 aromatic carbocycles. The first-order chi connectivity index (χ1) is 24.8. The van der Waals surface area contributed by atoms with Gasteiger partial charge in [0.05, 0.1) is 42.9 Å². The van der Waals surface area contributed by atoms with E-state index in [2.05, 4.69) is 16.5 Å². The van der Waals surface area contributed by atoms with Crippen LogP contribution < -0.4 is 0 Å². The van der Waals surface area contributed by atoms with Crippen LogP contribution in [0.25, 0.3) is 45.0 Å². The predicted molar refractivity (Wildman–Crippen MR) is 199 cm³/mol. The average molecular weight is 771 g/mol. The standard InChI is InChI=1S/C36H42N8O8.Fe/c1-9-20-23(12-4)32-24(13-5)29-21(10-2)22(11-3)30(38-29)25(14-6)33-26(15-7)34(42(47)48)36(40(33)44(51)52)35(43(49)50)31-28(41(45)46)18-19(37-31)17-27(20)39(32)16-8;/h17-18H,9-16H2,1-8H3;. The Labute approximate surface area is 315 Å². The van der Waals surface area contributed by atoms with E-state index in [0.29, 0.717) is 60.1 Å². The van der Waals surface area contributed by atoms with Crippen molar-refractivity contribution < 1.29 is 36.9 Å². The molecule has 0 fully saturated rings. The SMILES string of the molecule is CCC1=C(CC)c2nc1c(CC)c1c(CC)c(CC)c(cc3nc(c([N+](=O)[O-])c4c([N+](=O)[O-])c(CC)c(c2CC)n4[N+](=O)[O-])C([N+](=O)[O-])=C3)n1CC.[Fe]. The molecule has 17 heteroatoms. The molecule has 0 atom stereocenters. The fraction of sp³-hybridized carbons (Fsp3) is 0.444. The summed E-state index contributed by atoms with van der Waals surface area (Å²) in [6.07, 6.45) is 4.03. The number of fused-ring (bicyclic) bond motifs is 8. The number of hydrogen-bond acceptors (Lipinski definition) is 10. The van der Waals surface area contributed by atoms with Crippen LogP contribution in [-0.4, -0.2) is 39.0 Å². The number of rotatable bonds is 12. The third kappa shape index (κ3) is 6.20. The molecule has 2 aliphatic rings. The molecular weight excluding hydrogens is 728 g/mol. The van der Waals surface area contributed by atoms with Gasteiger partial charge < -0.3 is 4.57 Å². The average Bonchev–Trinajstić information content (AvgIpc) is 3.85. The molecule has 0 spiro atoms. The molecule has 53 heavy (non-hydrogen) atoms. The molecule has 16 nitrogen and oxygen atoms in total. The Morgan fingerprint density at radius 3 is 1.49 bits per heavy atom. The summed E-state index contributed by atoms with van der Waals surface area (Å²) in [6.45, 7) is 15.9. The van der Waals surface area contributed by atoms with Gasteiger partial charge in [0, 0.05) is 46.3 Å². The minimum atomic E-state index is -1.21. The fourth-order valence-corrected chi connectivity index (χ4v) is 8.10. The number of aryl methyl sites for hydroxylation is 6. The summed E-state index contributed by atoms with van der Waals surface area (Å²) in [5, 5.41) is 50.6. The molecule has 0 radical (unpaired) electrons. The van der Waals surface area contributed by atoms with E-state index in [4.69, 9.17) is 4.98 Å². The number of allylic oxidation sites excluding steroid dienone is 2. The Kier molecular flexibility index (Phi) is 12.0. The Balaban J connectivity index is 0.00000627. The second-order valence-corrected chi connectivity index (χ2v) is 12.4. The van der Waals surface area contributed by atoms with Gasteiger partial charge in [0.25, 0.3) is 5.52 Å². The smallest absolute Gasteiger partial charge is 0.338 e. The Morgan fingerprint density at radius 1 is 0.566 bits per heavy atom. The molecule has 0 amide bonds. The van der Waals surface area contributed by atoms with Crippen LogP contribution in [0.15, 0.2) is 6.07 Å². The summed E-state index contributed by atoms with van der Waals surface area (Å²) in [7, 11) is 0. The van der Waals surface area contributed by atoms with Gasteiger partial charge >= 0.3 is 17.1 Å². The third-order valence-corrected chi connectivity index (χ3v) is 10.1. The van der Waals surface area contributed by atoms with Crippen LogP contribution in [0.3, 0.4) is 0 Å². The number of nitro groups is 4. The van der Waals surface area contributed by atoms with E-state index in [-0.39, 0.29) is 46.7 Å². The molecule has 3 aromatic rings. The zero-order valence-electron chi connectivity index (χ0n) is 31.0. The van der Waals surface area contributed by atoms with Crippen molar-refractivity contribution in [1.82, 2.24) is 19.2 Å². The van der Waals surface area contributed by atoms with E-state index < -0.39 is 48.1 Å². The molecule has 0 N–H and O–H groups in total. The summed E-state index contributed by atoms with van der Waals surface area (Å²) < 4.78 is 2.48. The molecule has 0 unspecified atom stereocenters. The monoisotopic (exact) mass is 770 g/mol. The zero-order chi connectivity index (χ0) is 38.3. The first-order valence-corrected chi connectivity index (χ1v) is 17.7. The molecule has 0 saturated heterocycles. The molecule has 5 heterocycles. The third-order valence-electron chi connectivity index (χ3n) is 10.1. The van der Waals surface area contributed by atoms with Crippen LogP contribution in [0.4, 0.5) is 11.4 Å². The van der Waals surface area contributed by atoms with Crippen molar-refractivity contribution in [3.63, 3.8) is 0 Å². The molecule has 3 aromatic heterocycles. The molecule has 0 saturated carbocycles. The van der Waals surface area contributed by atoms with E-state index in [0.717, 1.165) is 45.1 Å². The summed E-state index contributed by atoms with van der Waals surface area (Å²) in [5.41, 5.74) is 2.93. The first kappa shape index (κ1) is 40.5. The minimum absolute atomic E-state index is 0. The van der Waals surface area contributed by atoms with Crippen molar-refractivity contribution in [3.8, 4) is 0 Å². The van der Waals surface area contributed by atoms with Gasteiger partial charge in [-0.1, -0.05) is 48.5 Å². The van der Waals surface area contributed by atoms with Crippen molar-refractivity contribution in [3.05, 3.63) is 97.1 Å². The maximum atomic E-state index is 13.1. The number of aromatic nitrogens is 4. The van der Waals surface area contributed by atoms with Gasteiger partial charge in [-0.25, -0.2) is 20.1 Å². The van der Waals surface area contributed by atoms with E-state index in [1.54, 1.807) is 19.9 Å². The van der Waals surface area contributed by atoms with Gasteiger partial charge in [-0.05, 0) is 84.9 Å².